The molecule has 8 heteroatoms. The maximum atomic E-state index is 12.8. The van der Waals surface area contributed by atoms with E-state index in [2.05, 4.69) is 15.5 Å². The Hall–Kier alpha value is -3.00. The molecule has 0 saturated carbocycles. The van der Waals surface area contributed by atoms with E-state index >= 15 is 0 Å². The molecule has 0 fully saturated rings. The predicted molar refractivity (Wildman–Crippen MR) is 112 cm³/mol. The number of aromatic hydroxyl groups is 1. The topological polar surface area (TPSA) is 89.3 Å². The number of hydrogen-bond donors (Lipinski definition) is 2. The van der Waals surface area contributed by atoms with Gasteiger partial charge in [-0.3, -0.25) is 9.36 Å². The normalized spacial score (nSPS) is 12.8. The number of aryl methyl sites for hydroxylation is 1. The fourth-order valence-corrected chi connectivity index (χ4v) is 4.39. The van der Waals surface area contributed by atoms with Gasteiger partial charge in [-0.25, -0.2) is 0 Å². The van der Waals surface area contributed by atoms with E-state index in [-0.39, 0.29) is 23.5 Å². The molecule has 2 aromatic carbocycles. The molecule has 0 spiro atoms. The average Bonchev–Trinajstić information content (AvgIpc) is 3.33. The zero-order valence-electron chi connectivity index (χ0n) is 16.5. The summed E-state index contributed by atoms with van der Waals surface area (Å²) in [7, 11) is 1.60. The lowest BCUT2D eigenvalue weighted by molar-refractivity contribution is 0.0930. The molecule has 0 saturated heterocycles. The van der Waals surface area contributed by atoms with Crippen LogP contribution in [0.1, 0.15) is 30.0 Å². The van der Waals surface area contributed by atoms with Crippen LogP contribution in [0.3, 0.4) is 0 Å². The Balaban J connectivity index is 1.88. The van der Waals surface area contributed by atoms with E-state index in [4.69, 9.17) is 4.74 Å². The first-order valence-corrected chi connectivity index (χ1v) is 10.4. The number of carbonyl (C=O) groups is 1. The molecular formula is C21H22N4O3S. The van der Waals surface area contributed by atoms with Crippen LogP contribution in [0.25, 0.3) is 17.1 Å². The quantitative estimate of drug-likeness (QED) is 0.670. The van der Waals surface area contributed by atoms with Crippen LogP contribution >= 0.6 is 11.8 Å². The van der Waals surface area contributed by atoms with Crippen molar-refractivity contribution in [1.82, 2.24) is 20.1 Å². The van der Waals surface area contributed by atoms with Crippen LogP contribution in [0, 0.1) is 0 Å². The molecule has 29 heavy (non-hydrogen) atoms. The summed E-state index contributed by atoms with van der Waals surface area (Å²) in [5, 5.41) is 21.9. The lowest BCUT2D eigenvalue weighted by Gasteiger charge is -2.14. The van der Waals surface area contributed by atoms with Gasteiger partial charge in [0.15, 0.2) is 5.82 Å². The zero-order valence-corrected chi connectivity index (χ0v) is 17.3. The van der Waals surface area contributed by atoms with Crippen molar-refractivity contribution in [3.8, 4) is 28.6 Å². The van der Waals surface area contributed by atoms with Crippen LogP contribution in [0.5, 0.6) is 11.5 Å². The lowest BCUT2D eigenvalue weighted by Crippen LogP contribution is -2.32. The highest BCUT2D eigenvalue weighted by molar-refractivity contribution is 7.99. The summed E-state index contributed by atoms with van der Waals surface area (Å²) in [6, 6.07) is 10.9. The second-order valence-electron chi connectivity index (χ2n) is 7.08. The summed E-state index contributed by atoms with van der Waals surface area (Å²) >= 11 is 1.73. The number of methoxy groups -OCH3 is 1. The number of thioether (sulfide) groups is 1. The maximum Gasteiger partial charge on any atom is 0.289 e. The Kier molecular flexibility index (Phi) is 5.19. The van der Waals surface area contributed by atoms with E-state index in [1.807, 2.05) is 44.2 Å². The summed E-state index contributed by atoms with van der Waals surface area (Å²) in [5.41, 5.74) is 2.42. The van der Waals surface area contributed by atoms with E-state index in [1.165, 1.54) is 5.56 Å². The molecule has 2 N–H and O–H groups in total. The van der Waals surface area contributed by atoms with Crippen LogP contribution in [0.4, 0.5) is 0 Å². The molecule has 0 atom stereocenters. The molecule has 3 aromatic rings. The third-order valence-electron chi connectivity index (χ3n) is 4.67. The summed E-state index contributed by atoms with van der Waals surface area (Å²) in [6.07, 6.45) is 0.935. The Morgan fingerprint density at radius 3 is 2.69 bits per heavy atom. The number of hydrogen-bond acceptors (Lipinski definition) is 6. The Morgan fingerprint density at radius 1 is 1.24 bits per heavy atom. The van der Waals surface area contributed by atoms with Crippen molar-refractivity contribution in [2.45, 2.75) is 31.2 Å². The van der Waals surface area contributed by atoms with Crippen molar-refractivity contribution >= 4 is 17.7 Å². The van der Waals surface area contributed by atoms with Crippen LogP contribution in [-0.4, -0.2) is 44.7 Å². The van der Waals surface area contributed by atoms with Crippen LogP contribution < -0.4 is 10.1 Å². The predicted octanol–water partition coefficient (Wildman–Crippen LogP) is 3.43. The molecule has 0 aliphatic carbocycles. The maximum absolute atomic E-state index is 12.8. The molecule has 0 radical (unpaired) electrons. The minimum Gasteiger partial charge on any atom is -0.507 e. The third-order valence-corrected chi connectivity index (χ3v) is 5.76. The lowest BCUT2D eigenvalue weighted by atomic mass is 10.1. The molecule has 1 aromatic heterocycles. The molecule has 1 amide bonds. The molecule has 0 bridgehead atoms. The van der Waals surface area contributed by atoms with E-state index in [0.29, 0.717) is 22.8 Å². The van der Waals surface area contributed by atoms with Crippen molar-refractivity contribution in [3.63, 3.8) is 0 Å². The van der Waals surface area contributed by atoms with Gasteiger partial charge in [0, 0.05) is 22.4 Å². The number of phenolic OH excluding ortho intramolecular Hbond substituents is 1. The van der Waals surface area contributed by atoms with Gasteiger partial charge in [-0.2, -0.15) is 0 Å². The van der Waals surface area contributed by atoms with E-state index in [9.17, 15) is 9.90 Å². The van der Waals surface area contributed by atoms with Crippen LogP contribution in [0.15, 0.2) is 41.3 Å². The number of phenols is 1. The number of nitrogens with zero attached hydrogens (tertiary/aromatic N) is 3. The fraction of sp³-hybridized carbons (Fsp3) is 0.286. The van der Waals surface area contributed by atoms with Crippen LogP contribution in [0.2, 0.25) is 0 Å². The largest absolute Gasteiger partial charge is 0.507 e. The molecule has 7 nitrogen and oxygen atoms in total. The Labute approximate surface area is 173 Å². The smallest absolute Gasteiger partial charge is 0.289 e. The minimum atomic E-state index is -0.328. The van der Waals surface area contributed by atoms with Crippen molar-refractivity contribution in [1.29, 1.82) is 0 Å². The Morgan fingerprint density at radius 2 is 2.00 bits per heavy atom. The molecule has 1 aliphatic rings. The SMILES string of the molecule is COc1ccc(-n2c(C(=O)NC(C)C)nnc2-c2cc3c(cc2O)SCC3)cc1. The molecule has 4 rings (SSSR count). The second kappa shape index (κ2) is 7.79. The first-order valence-electron chi connectivity index (χ1n) is 9.37. The van der Waals surface area contributed by atoms with Gasteiger partial charge >= 0.3 is 0 Å². The van der Waals surface area contributed by atoms with Gasteiger partial charge in [0.2, 0.25) is 5.82 Å². The highest BCUT2D eigenvalue weighted by atomic mass is 32.2. The van der Waals surface area contributed by atoms with Crippen molar-refractivity contribution < 1.29 is 14.6 Å². The van der Waals surface area contributed by atoms with E-state index in [0.717, 1.165) is 17.1 Å². The average molecular weight is 410 g/mol. The number of carbonyl (C=O) groups excluding carboxylic acids is 1. The first kappa shape index (κ1) is 19.3. The first-order chi connectivity index (χ1) is 14.0. The van der Waals surface area contributed by atoms with Gasteiger partial charge in [-0.1, -0.05) is 0 Å². The molecule has 0 unspecified atom stereocenters. The Bertz CT molecular complexity index is 1060. The molecule has 2 heterocycles. The summed E-state index contributed by atoms with van der Waals surface area (Å²) < 4.78 is 6.91. The van der Waals surface area contributed by atoms with E-state index in [1.54, 1.807) is 29.5 Å². The van der Waals surface area contributed by atoms with Crippen molar-refractivity contribution in [2.75, 3.05) is 12.9 Å². The summed E-state index contributed by atoms with van der Waals surface area (Å²) in [5.74, 6) is 2.07. The summed E-state index contributed by atoms with van der Waals surface area (Å²) in [6.45, 7) is 3.77. The number of fused-ring (bicyclic) bond motifs is 1. The molecule has 1 aliphatic heterocycles. The number of nitrogens with one attached hydrogen (secondary N) is 1. The number of rotatable bonds is 5. The molecular weight excluding hydrogens is 388 g/mol. The van der Waals surface area contributed by atoms with Crippen LogP contribution in [-0.2, 0) is 6.42 Å². The number of ether oxygens (including phenoxy) is 1. The van der Waals surface area contributed by atoms with Gasteiger partial charge < -0.3 is 15.2 Å². The third kappa shape index (κ3) is 3.67. The highest BCUT2D eigenvalue weighted by Gasteiger charge is 2.25. The van der Waals surface area contributed by atoms with Gasteiger partial charge in [0.25, 0.3) is 5.91 Å². The number of aromatic nitrogens is 3. The fourth-order valence-electron chi connectivity index (χ4n) is 3.30. The van der Waals surface area contributed by atoms with Crippen molar-refractivity contribution in [3.05, 3.63) is 47.8 Å². The highest BCUT2D eigenvalue weighted by Crippen LogP contribution is 2.40. The van der Waals surface area contributed by atoms with Gasteiger partial charge in [-0.15, -0.1) is 22.0 Å². The van der Waals surface area contributed by atoms with Gasteiger partial charge in [-0.05, 0) is 62.2 Å². The van der Waals surface area contributed by atoms with Gasteiger partial charge in [0.05, 0.1) is 12.7 Å². The zero-order chi connectivity index (χ0) is 20.5. The van der Waals surface area contributed by atoms with Gasteiger partial charge in [0.1, 0.15) is 11.5 Å². The number of amides is 1. The monoisotopic (exact) mass is 410 g/mol. The summed E-state index contributed by atoms with van der Waals surface area (Å²) in [4.78, 5) is 13.8. The van der Waals surface area contributed by atoms with Crippen molar-refractivity contribution in [2.24, 2.45) is 0 Å². The standard InChI is InChI=1S/C21H22N4O3S/c1-12(2)22-21(27)20-24-23-19(25(20)14-4-6-15(28-3)7-5-14)16-10-13-8-9-29-18(13)11-17(16)26/h4-7,10-12,26H,8-9H2,1-3H3,(H,22,27). The molecule has 150 valence electrons. The minimum absolute atomic E-state index is 0.0441. The number of benzene rings is 2. The second-order valence-corrected chi connectivity index (χ2v) is 8.22. The van der Waals surface area contributed by atoms with E-state index < -0.39 is 0 Å².